The van der Waals surface area contributed by atoms with Crippen LogP contribution in [-0.2, 0) is 9.53 Å². The number of amides is 1. The third-order valence-electron chi connectivity index (χ3n) is 6.35. The maximum atomic E-state index is 12.8. The van der Waals surface area contributed by atoms with Crippen molar-refractivity contribution in [3.8, 4) is 0 Å². The zero-order valence-corrected chi connectivity index (χ0v) is 16.0. The van der Waals surface area contributed by atoms with Crippen molar-refractivity contribution in [1.82, 2.24) is 4.90 Å². The molecule has 5 heteroatoms. The molecule has 2 unspecified atom stereocenters. The van der Waals surface area contributed by atoms with Crippen molar-refractivity contribution in [3.63, 3.8) is 0 Å². The Morgan fingerprint density at radius 1 is 1.08 bits per heavy atom. The van der Waals surface area contributed by atoms with E-state index in [4.69, 9.17) is 10.5 Å². The van der Waals surface area contributed by atoms with Crippen LogP contribution < -0.4 is 5.73 Å². The van der Waals surface area contributed by atoms with Crippen LogP contribution in [0, 0.1) is 11.8 Å². The van der Waals surface area contributed by atoms with Crippen molar-refractivity contribution < 1.29 is 9.53 Å². The first-order valence-corrected chi connectivity index (χ1v) is 9.75. The van der Waals surface area contributed by atoms with Gasteiger partial charge in [0.1, 0.15) is 0 Å². The Morgan fingerprint density at radius 3 is 2.33 bits per heavy atom. The summed E-state index contributed by atoms with van der Waals surface area (Å²) in [4.78, 5) is 14.9. The summed E-state index contributed by atoms with van der Waals surface area (Å²) < 4.78 is 6.12. The van der Waals surface area contributed by atoms with Gasteiger partial charge < -0.3 is 15.4 Å². The van der Waals surface area contributed by atoms with Gasteiger partial charge >= 0.3 is 0 Å². The van der Waals surface area contributed by atoms with Crippen LogP contribution >= 0.6 is 12.4 Å². The lowest BCUT2D eigenvalue weighted by Crippen LogP contribution is -2.55. The van der Waals surface area contributed by atoms with Crippen molar-refractivity contribution in [1.29, 1.82) is 0 Å². The van der Waals surface area contributed by atoms with Gasteiger partial charge in [0.25, 0.3) is 0 Å². The zero-order valence-electron chi connectivity index (χ0n) is 15.2. The van der Waals surface area contributed by atoms with Gasteiger partial charge in [0.2, 0.25) is 5.91 Å². The Morgan fingerprint density at radius 2 is 1.71 bits per heavy atom. The third-order valence-corrected chi connectivity index (χ3v) is 6.35. The molecule has 0 aromatic carbocycles. The van der Waals surface area contributed by atoms with E-state index in [9.17, 15) is 4.79 Å². The molecule has 0 bridgehead atoms. The van der Waals surface area contributed by atoms with Gasteiger partial charge in [-0.05, 0) is 51.4 Å². The molecule has 2 aliphatic carbocycles. The average molecular weight is 359 g/mol. The van der Waals surface area contributed by atoms with E-state index < -0.39 is 0 Å². The van der Waals surface area contributed by atoms with Crippen molar-refractivity contribution in [2.75, 3.05) is 19.7 Å². The van der Waals surface area contributed by atoms with Gasteiger partial charge in [0, 0.05) is 25.2 Å². The van der Waals surface area contributed by atoms with Crippen LogP contribution in [0.5, 0.6) is 0 Å². The summed E-state index contributed by atoms with van der Waals surface area (Å²) in [5.74, 6) is 1.10. The fourth-order valence-electron chi connectivity index (χ4n) is 4.68. The van der Waals surface area contributed by atoms with E-state index in [1.165, 1.54) is 25.7 Å². The number of ether oxygens (including phenoxy) is 1. The minimum atomic E-state index is -0.314. The normalized spacial score (nSPS) is 32.6. The Kier molecular flexibility index (Phi) is 7.39. The maximum absolute atomic E-state index is 12.8. The molecule has 24 heavy (non-hydrogen) atoms. The quantitative estimate of drug-likeness (QED) is 0.836. The highest BCUT2D eigenvalue weighted by molar-refractivity contribution is 5.85. The van der Waals surface area contributed by atoms with Crippen molar-refractivity contribution in [2.45, 2.75) is 82.8 Å². The number of hydrogen-bond acceptors (Lipinski definition) is 3. The predicted octanol–water partition coefficient (Wildman–Crippen LogP) is 3.51. The SMILES string of the molecule is CC1(N)CCCCC1C(=O)N1CCC(OCC2CCCC2)CC1.Cl. The topological polar surface area (TPSA) is 55.6 Å². The number of halogens is 1. The zero-order chi connectivity index (χ0) is 16.3. The van der Waals surface area contributed by atoms with E-state index in [-0.39, 0.29) is 23.9 Å². The van der Waals surface area contributed by atoms with E-state index in [2.05, 4.69) is 11.8 Å². The Hall–Kier alpha value is -0.320. The summed E-state index contributed by atoms with van der Waals surface area (Å²) in [7, 11) is 0. The number of carbonyl (C=O) groups is 1. The van der Waals surface area contributed by atoms with Gasteiger partial charge in [-0.25, -0.2) is 0 Å². The van der Waals surface area contributed by atoms with Crippen LogP contribution in [0.25, 0.3) is 0 Å². The van der Waals surface area contributed by atoms with Crippen LogP contribution in [0.1, 0.15) is 71.1 Å². The predicted molar refractivity (Wildman–Crippen MR) is 99.3 cm³/mol. The van der Waals surface area contributed by atoms with E-state index in [0.717, 1.165) is 64.1 Å². The van der Waals surface area contributed by atoms with Crippen molar-refractivity contribution >= 4 is 18.3 Å². The van der Waals surface area contributed by atoms with Crippen LogP contribution in [-0.4, -0.2) is 42.1 Å². The van der Waals surface area contributed by atoms with Crippen LogP contribution in [0.2, 0.25) is 0 Å². The molecule has 0 aromatic rings. The van der Waals surface area contributed by atoms with E-state index >= 15 is 0 Å². The molecule has 1 saturated heterocycles. The summed E-state index contributed by atoms with van der Waals surface area (Å²) in [5, 5.41) is 0. The fourth-order valence-corrected chi connectivity index (χ4v) is 4.68. The number of nitrogens with zero attached hydrogens (tertiary/aromatic N) is 1. The lowest BCUT2D eigenvalue weighted by Gasteiger charge is -2.41. The molecule has 140 valence electrons. The third kappa shape index (κ3) is 4.86. The molecule has 0 aromatic heterocycles. The lowest BCUT2D eigenvalue weighted by molar-refractivity contribution is -0.141. The second kappa shape index (κ2) is 8.86. The van der Waals surface area contributed by atoms with Crippen LogP contribution in [0.4, 0.5) is 0 Å². The van der Waals surface area contributed by atoms with E-state index in [1.54, 1.807) is 0 Å². The molecular formula is C19H35ClN2O2. The fraction of sp³-hybridized carbons (Fsp3) is 0.947. The Balaban J connectivity index is 0.00000208. The number of piperidine rings is 1. The van der Waals surface area contributed by atoms with Gasteiger partial charge in [0.15, 0.2) is 0 Å². The van der Waals surface area contributed by atoms with Crippen molar-refractivity contribution in [3.05, 3.63) is 0 Å². The first kappa shape index (κ1) is 20.0. The lowest BCUT2D eigenvalue weighted by atomic mass is 9.74. The molecule has 0 radical (unpaired) electrons. The number of hydrogen-bond donors (Lipinski definition) is 1. The Labute approximate surface area is 153 Å². The van der Waals surface area contributed by atoms with E-state index in [1.807, 2.05) is 0 Å². The summed E-state index contributed by atoms with van der Waals surface area (Å²) in [6, 6.07) is 0. The van der Waals surface area contributed by atoms with E-state index in [0.29, 0.717) is 12.0 Å². The molecule has 1 heterocycles. The molecule has 1 amide bonds. The molecule has 0 spiro atoms. The molecule has 2 N–H and O–H groups in total. The monoisotopic (exact) mass is 358 g/mol. The van der Waals surface area contributed by atoms with Gasteiger partial charge in [-0.2, -0.15) is 0 Å². The summed E-state index contributed by atoms with van der Waals surface area (Å²) in [6.07, 6.45) is 12.0. The largest absolute Gasteiger partial charge is 0.378 e. The van der Waals surface area contributed by atoms with Crippen LogP contribution in [0.3, 0.4) is 0 Å². The van der Waals surface area contributed by atoms with Crippen molar-refractivity contribution in [2.24, 2.45) is 17.6 Å². The standard InChI is InChI=1S/C19H34N2O2.ClH/c1-19(20)11-5-4-8-17(19)18(22)21-12-9-16(10-13-21)23-14-15-6-2-3-7-15;/h15-17H,2-14,20H2,1H3;1H. The minimum absolute atomic E-state index is 0. The second-order valence-electron chi connectivity index (χ2n) is 8.31. The number of likely N-dealkylation sites (tertiary alicyclic amines) is 1. The highest BCUT2D eigenvalue weighted by Gasteiger charge is 2.40. The molecule has 4 nitrogen and oxygen atoms in total. The average Bonchev–Trinajstić information content (AvgIpc) is 3.06. The number of carbonyl (C=O) groups excluding carboxylic acids is 1. The molecule has 1 aliphatic heterocycles. The smallest absolute Gasteiger partial charge is 0.227 e. The van der Waals surface area contributed by atoms with Gasteiger partial charge in [-0.1, -0.05) is 25.7 Å². The Bertz CT molecular complexity index is 402. The highest BCUT2D eigenvalue weighted by atomic mass is 35.5. The second-order valence-corrected chi connectivity index (χ2v) is 8.31. The summed E-state index contributed by atoms with van der Waals surface area (Å²) in [6.45, 7) is 4.69. The number of rotatable bonds is 4. The summed E-state index contributed by atoms with van der Waals surface area (Å²) in [5.41, 5.74) is 6.09. The maximum Gasteiger partial charge on any atom is 0.227 e. The van der Waals surface area contributed by atoms with Crippen LogP contribution in [0.15, 0.2) is 0 Å². The highest BCUT2D eigenvalue weighted by Crippen LogP contribution is 2.34. The molecule has 3 aliphatic rings. The number of nitrogens with two attached hydrogens (primary N) is 1. The molecule has 3 fully saturated rings. The molecule has 2 saturated carbocycles. The first-order chi connectivity index (χ1) is 11.1. The molecule has 2 atom stereocenters. The minimum Gasteiger partial charge on any atom is -0.378 e. The molecule has 3 rings (SSSR count). The van der Waals surface area contributed by atoms with Gasteiger partial charge in [-0.3, -0.25) is 4.79 Å². The summed E-state index contributed by atoms with van der Waals surface area (Å²) >= 11 is 0. The first-order valence-electron chi connectivity index (χ1n) is 9.75. The van der Waals surface area contributed by atoms with Gasteiger partial charge in [0.05, 0.1) is 12.0 Å². The molecular weight excluding hydrogens is 324 g/mol. The van der Waals surface area contributed by atoms with Gasteiger partial charge in [-0.15, -0.1) is 12.4 Å².